The van der Waals surface area contributed by atoms with Gasteiger partial charge in [-0.1, -0.05) is 13.8 Å². The molecule has 18 heavy (non-hydrogen) atoms. The lowest BCUT2D eigenvalue weighted by atomic mass is 9.86. The molecule has 0 unspecified atom stereocenters. The molecule has 0 aromatic heterocycles. The molecule has 1 rings (SSSR count). The second-order valence-electron chi connectivity index (χ2n) is 5.69. The van der Waals surface area contributed by atoms with Crippen LogP contribution >= 0.6 is 0 Å². The first kappa shape index (κ1) is 15.4. The van der Waals surface area contributed by atoms with Crippen LogP contribution in [-0.2, 0) is 9.53 Å². The molecule has 1 aliphatic carbocycles. The monoisotopic (exact) mass is 257 g/mol. The fourth-order valence-corrected chi connectivity index (χ4v) is 2.27. The fraction of sp³-hybridized carbons (Fsp3) is 0.929. The smallest absolute Gasteiger partial charge is 0.222 e. The predicted octanol–water partition coefficient (Wildman–Crippen LogP) is 1.72. The first-order valence-corrected chi connectivity index (χ1v) is 7.09. The number of amides is 1. The molecule has 4 nitrogen and oxygen atoms in total. The zero-order valence-electron chi connectivity index (χ0n) is 11.7. The molecule has 0 atom stereocenters. The molecule has 0 aromatic carbocycles. The van der Waals surface area contributed by atoms with Crippen molar-refractivity contribution >= 4 is 5.91 Å². The summed E-state index contributed by atoms with van der Waals surface area (Å²) >= 11 is 0. The van der Waals surface area contributed by atoms with Gasteiger partial charge in [-0.3, -0.25) is 4.79 Å². The van der Waals surface area contributed by atoms with E-state index in [1.807, 2.05) is 0 Å². The summed E-state index contributed by atoms with van der Waals surface area (Å²) in [5.74, 6) is 1.04. The number of aliphatic hydroxyl groups is 1. The van der Waals surface area contributed by atoms with Gasteiger partial charge in [-0.2, -0.15) is 0 Å². The molecule has 0 aromatic rings. The zero-order chi connectivity index (χ0) is 13.4. The maximum absolute atomic E-state index is 11.7. The van der Waals surface area contributed by atoms with Gasteiger partial charge in [-0.05, 0) is 37.5 Å². The molecule has 1 fully saturated rings. The van der Waals surface area contributed by atoms with Gasteiger partial charge in [-0.15, -0.1) is 0 Å². The number of nitrogens with one attached hydrogen (secondary N) is 1. The van der Waals surface area contributed by atoms with Crippen molar-refractivity contribution < 1.29 is 14.6 Å². The van der Waals surface area contributed by atoms with Crippen molar-refractivity contribution in [3.05, 3.63) is 0 Å². The van der Waals surface area contributed by atoms with Crippen LogP contribution in [0.3, 0.4) is 0 Å². The molecule has 0 spiro atoms. The SMILES string of the molecule is CC(C)COCCC(=O)NC1CCC(CO)CC1. The number of hydrogen-bond donors (Lipinski definition) is 2. The number of ether oxygens (including phenoxy) is 1. The lowest BCUT2D eigenvalue weighted by Crippen LogP contribution is -2.38. The van der Waals surface area contributed by atoms with Gasteiger partial charge in [-0.25, -0.2) is 0 Å². The predicted molar refractivity (Wildman–Crippen MR) is 71.2 cm³/mol. The van der Waals surface area contributed by atoms with Gasteiger partial charge in [0.25, 0.3) is 0 Å². The quantitative estimate of drug-likeness (QED) is 0.683. The zero-order valence-corrected chi connectivity index (χ0v) is 11.7. The third kappa shape index (κ3) is 6.36. The largest absolute Gasteiger partial charge is 0.396 e. The van der Waals surface area contributed by atoms with E-state index in [1.165, 1.54) is 0 Å². The fourth-order valence-electron chi connectivity index (χ4n) is 2.27. The Labute approximate surface area is 110 Å². The van der Waals surface area contributed by atoms with E-state index in [1.54, 1.807) is 0 Å². The first-order valence-electron chi connectivity index (χ1n) is 7.09. The van der Waals surface area contributed by atoms with Crippen molar-refractivity contribution in [2.45, 2.75) is 52.0 Å². The van der Waals surface area contributed by atoms with E-state index in [-0.39, 0.29) is 12.5 Å². The van der Waals surface area contributed by atoms with E-state index in [9.17, 15) is 4.79 Å². The summed E-state index contributed by atoms with van der Waals surface area (Å²) in [6.07, 6.45) is 4.47. The average molecular weight is 257 g/mol. The Hall–Kier alpha value is -0.610. The normalized spacial score (nSPS) is 24.2. The van der Waals surface area contributed by atoms with Gasteiger partial charge in [0.2, 0.25) is 5.91 Å². The van der Waals surface area contributed by atoms with Crippen LogP contribution in [0.4, 0.5) is 0 Å². The van der Waals surface area contributed by atoms with Crippen molar-refractivity contribution in [3.8, 4) is 0 Å². The average Bonchev–Trinajstić information content (AvgIpc) is 2.35. The summed E-state index contributed by atoms with van der Waals surface area (Å²) in [5.41, 5.74) is 0. The summed E-state index contributed by atoms with van der Waals surface area (Å²) in [5, 5.41) is 12.1. The molecule has 0 radical (unpaired) electrons. The second-order valence-corrected chi connectivity index (χ2v) is 5.69. The Balaban J connectivity index is 2.06. The Morgan fingerprint density at radius 3 is 2.56 bits per heavy atom. The summed E-state index contributed by atoms with van der Waals surface area (Å²) in [4.78, 5) is 11.7. The van der Waals surface area contributed by atoms with Crippen LogP contribution < -0.4 is 5.32 Å². The Kier molecular flexibility index (Phi) is 7.28. The number of hydrogen-bond acceptors (Lipinski definition) is 3. The highest BCUT2D eigenvalue weighted by molar-refractivity contribution is 5.76. The van der Waals surface area contributed by atoms with Gasteiger partial charge in [0.1, 0.15) is 0 Å². The van der Waals surface area contributed by atoms with E-state index < -0.39 is 0 Å². The summed E-state index contributed by atoms with van der Waals surface area (Å²) < 4.78 is 5.40. The van der Waals surface area contributed by atoms with Crippen molar-refractivity contribution in [2.75, 3.05) is 19.8 Å². The lowest BCUT2D eigenvalue weighted by Gasteiger charge is -2.27. The van der Waals surface area contributed by atoms with Crippen molar-refractivity contribution in [3.63, 3.8) is 0 Å². The Morgan fingerprint density at radius 1 is 1.33 bits per heavy atom. The Bertz CT molecular complexity index is 235. The summed E-state index contributed by atoms with van der Waals surface area (Å²) in [7, 11) is 0. The van der Waals surface area contributed by atoms with Crippen LogP contribution in [0.5, 0.6) is 0 Å². The first-order chi connectivity index (χ1) is 8.61. The van der Waals surface area contributed by atoms with E-state index in [4.69, 9.17) is 9.84 Å². The number of carbonyl (C=O) groups excluding carboxylic acids is 1. The van der Waals surface area contributed by atoms with Gasteiger partial charge >= 0.3 is 0 Å². The number of rotatable bonds is 7. The number of carbonyl (C=O) groups is 1. The maximum atomic E-state index is 11.7. The van der Waals surface area contributed by atoms with Crippen molar-refractivity contribution in [1.29, 1.82) is 0 Å². The molecule has 2 N–H and O–H groups in total. The molecule has 4 heteroatoms. The molecule has 1 aliphatic rings. The third-order valence-electron chi connectivity index (χ3n) is 3.39. The van der Waals surface area contributed by atoms with E-state index in [2.05, 4.69) is 19.2 Å². The molecule has 106 valence electrons. The lowest BCUT2D eigenvalue weighted by molar-refractivity contribution is -0.123. The molecule has 0 bridgehead atoms. The van der Waals surface area contributed by atoms with Crippen LogP contribution in [-0.4, -0.2) is 36.9 Å². The van der Waals surface area contributed by atoms with Gasteiger partial charge in [0.05, 0.1) is 6.61 Å². The van der Waals surface area contributed by atoms with Crippen molar-refractivity contribution in [2.24, 2.45) is 11.8 Å². The molecular weight excluding hydrogens is 230 g/mol. The topological polar surface area (TPSA) is 58.6 Å². The van der Waals surface area contributed by atoms with Crippen molar-refractivity contribution in [1.82, 2.24) is 5.32 Å². The van der Waals surface area contributed by atoms with Gasteiger partial charge in [0, 0.05) is 25.7 Å². The van der Waals surface area contributed by atoms with E-state index >= 15 is 0 Å². The molecule has 1 amide bonds. The molecule has 1 saturated carbocycles. The molecule has 0 saturated heterocycles. The summed E-state index contributed by atoms with van der Waals surface area (Å²) in [6.45, 7) is 5.70. The minimum Gasteiger partial charge on any atom is -0.396 e. The maximum Gasteiger partial charge on any atom is 0.222 e. The molecular formula is C14H27NO3. The van der Waals surface area contributed by atoms with Crippen LogP contribution in [0.2, 0.25) is 0 Å². The molecule has 0 heterocycles. The number of aliphatic hydroxyl groups excluding tert-OH is 1. The van der Waals surface area contributed by atoms with Crippen LogP contribution in [0.1, 0.15) is 46.0 Å². The Morgan fingerprint density at radius 2 is 2.00 bits per heavy atom. The second kappa shape index (κ2) is 8.48. The van der Waals surface area contributed by atoms with Crippen LogP contribution in [0.25, 0.3) is 0 Å². The van der Waals surface area contributed by atoms with E-state index in [0.717, 1.165) is 32.3 Å². The van der Waals surface area contributed by atoms with Crippen LogP contribution in [0, 0.1) is 11.8 Å². The third-order valence-corrected chi connectivity index (χ3v) is 3.39. The van der Waals surface area contributed by atoms with E-state index in [0.29, 0.717) is 30.9 Å². The van der Waals surface area contributed by atoms with Crippen LogP contribution in [0.15, 0.2) is 0 Å². The highest BCUT2D eigenvalue weighted by atomic mass is 16.5. The minimum absolute atomic E-state index is 0.0891. The van der Waals surface area contributed by atoms with Gasteiger partial charge in [0.15, 0.2) is 0 Å². The highest BCUT2D eigenvalue weighted by Gasteiger charge is 2.21. The minimum atomic E-state index is 0.0891. The summed E-state index contributed by atoms with van der Waals surface area (Å²) in [6, 6.07) is 0.297. The standard InChI is InChI=1S/C14H27NO3/c1-11(2)10-18-8-7-14(17)15-13-5-3-12(9-16)4-6-13/h11-13,16H,3-10H2,1-2H3,(H,15,17). The van der Waals surface area contributed by atoms with Gasteiger partial charge < -0.3 is 15.2 Å². The molecule has 0 aliphatic heterocycles. The highest BCUT2D eigenvalue weighted by Crippen LogP contribution is 2.23.